The summed E-state index contributed by atoms with van der Waals surface area (Å²) in [5, 5.41) is 10.5. The zero-order valence-electron chi connectivity index (χ0n) is 10.9. The highest BCUT2D eigenvalue weighted by Gasteiger charge is 2.24. The third kappa shape index (κ3) is 3.57. The van der Waals surface area contributed by atoms with Crippen LogP contribution in [0.4, 0.5) is 0 Å². The van der Waals surface area contributed by atoms with Crippen LogP contribution in [-0.2, 0) is 4.74 Å². The monoisotopic (exact) mass is 279 g/mol. The maximum atomic E-state index is 12.3. The summed E-state index contributed by atoms with van der Waals surface area (Å²) in [7, 11) is 0. The van der Waals surface area contributed by atoms with Crippen LogP contribution in [0.1, 0.15) is 28.6 Å². The fourth-order valence-corrected chi connectivity index (χ4v) is 2.72. The number of aliphatic hydroxyl groups is 1. The first-order chi connectivity index (χ1) is 9.24. The van der Waals surface area contributed by atoms with Gasteiger partial charge in [0.2, 0.25) is 0 Å². The third-order valence-corrected chi connectivity index (χ3v) is 3.86. The molecule has 0 aromatic carbocycles. The largest absolute Gasteiger partial charge is 0.384 e. The summed E-state index contributed by atoms with van der Waals surface area (Å²) in [5.41, 5.74) is 0.670. The predicted molar refractivity (Wildman–Crippen MR) is 74.2 cm³/mol. The molecule has 1 fully saturated rings. The molecule has 1 atom stereocenters. The average molecular weight is 279 g/mol. The lowest BCUT2D eigenvalue weighted by Crippen LogP contribution is -2.45. The fourth-order valence-electron chi connectivity index (χ4n) is 1.97. The van der Waals surface area contributed by atoms with E-state index in [9.17, 15) is 4.79 Å². The summed E-state index contributed by atoms with van der Waals surface area (Å²) in [4.78, 5) is 15.0. The number of morpholine rings is 1. The van der Waals surface area contributed by atoms with Gasteiger partial charge in [-0.2, -0.15) is 0 Å². The van der Waals surface area contributed by atoms with E-state index in [1.165, 1.54) is 11.3 Å². The molecule has 1 aromatic heterocycles. The van der Waals surface area contributed by atoms with E-state index in [-0.39, 0.29) is 18.6 Å². The van der Waals surface area contributed by atoms with Crippen LogP contribution >= 0.6 is 11.3 Å². The number of hydrogen-bond donors (Lipinski definition) is 1. The minimum atomic E-state index is -0.164. The van der Waals surface area contributed by atoms with E-state index in [0.717, 1.165) is 11.3 Å². The molecule has 0 bridgehead atoms. The van der Waals surface area contributed by atoms with Gasteiger partial charge in [0.1, 0.15) is 6.61 Å². The maximum absolute atomic E-state index is 12.3. The van der Waals surface area contributed by atoms with Gasteiger partial charge in [-0.1, -0.05) is 18.8 Å². The van der Waals surface area contributed by atoms with E-state index in [2.05, 4.69) is 18.8 Å². The van der Waals surface area contributed by atoms with E-state index < -0.39 is 0 Å². The lowest BCUT2D eigenvalue weighted by molar-refractivity contribution is -0.0226. The number of nitrogens with zero attached hydrogens (tertiary/aromatic N) is 1. The molecule has 1 unspecified atom stereocenters. The lowest BCUT2D eigenvalue weighted by Gasteiger charge is -2.32. The molecule has 0 aliphatic carbocycles. The normalized spacial score (nSPS) is 18.8. The summed E-state index contributed by atoms with van der Waals surface area (Å²) >= 11 is 1.42. The fraction of sp³-hybridized carbons (Fsp3) is 0.500. The van der Waals surface area contributed by atoms with Gasteiger partial charge >= 0.3 is 0 Å². The van der Waals surface area contributed by atoms with Gasteiger partial charge in [-0.3, -0.25) is 4.79 Å². The highest BCUT2D eigenvalue weighted by atomic mass is 32.1. The minimum absolute atomic E-state index is 0.0371. The van der Waals surface area contributed by atoms with Gasteiger partial charge in [0.05, 0.1) is 23.2 Å². The zero-order chi connectivity index (χ0) is 13.7. The molecule has 1 aliphatic heterocycles. The van der Waals surface area contributed by atoms with Gasteiger partial charge in [0, 0.05) is 18.5 Å². The molecule has 19 heavy (non-hydrogen) atoms. The number of amides is 1. The van der Waals surface area contributed by atoms with Crippen LogP contribution in [0.25, 0.3) is 0 Å². The number of ether oxygens (including phenoxy) is 1. The first-order valence-electron chi connectivity index (χ1n) is 6.33. The smallest absolute Gasteiger partial charge is 0.254 e. The number of rotatable bonds is 2. The minimum Gasteiger partial charge on any atom is -0.384 e. The van der Waals surface area contributed by atoms with Crippen molar-refractivity contribution in [2.45, 2.75) is 19.4 Å². The SMILES string of the molecule is CCC1CN(C(=O)c2csc(C#CCO)c2)CCO1. The van der Waals surface area contributed by atoms with Crippen LogP contribution in [0.5, 0.6) is 0 Å². The van der Waals surface area contributed by atoms with E-state index in [0.29, 0.717) is 25.3 Å². The Balaban J connectivity index is 2.04. The third-order valence-electron chi connectivity index (χ3n) is 3.02. The Labute approximate surface area is 117 Å². The van der Waals surface area contributed by atoms with Crippen molar-refractivity contribution in [2.24, 2.45) is 0 Å². The number of thiophene rings is 1. The van der Waals surface area contributed by atoms with E-state index in [1.54, 1.807) is 6.07 Å². The summed E-state index contributed by atoms with van der Waals surface area (Å²) in [6, 6.07) is 1.78. The van der Waals surface area contributed by atoms with E-state index in [4.69, 9.17) is 9.84 Å². The number of carbonyl (C=O) groups excluding carboxylic acids is 1. The van der Waals surface area contributed by atoms with E-state index in [1.807, 2.05) is 10.3 Å². The van der Waals surface area contributed by atoms with E-state index >= 15 is 0 Å². The molecule has 1 aliphatic rings. The molecule has 1 N–H and O–H groups in total. The molecule has 0 spiro atoms. The van der Waals surface area contributed by atoms with Gasteiger partial charge in [-0.15, -0.1) is 11.3 Å². The van der Waals surface area contributed by atoms with Crippen LogP contribution in [0.15, 0.2) is 11.4 Å². The van der Waals surface area contributed by atoms with Crippen LogP contribution in [0, 0.1) is 11.8 Å². The molecule has 2 heterocycles. The molecule has 1 aromatic rings. The van der Waals surface area contributed by atoms with Crippen molar-refractivity contribution in [3.8, 4) is 11.8 Å². The highest BCUT2D eigenvalue weighted by molar-refractivity contribution is 7.10. The first kappa shape index (κ1) is 14.1. The van der Waals surface area contributed by atoms with Crippen LogP contribution < -0.4 is 0 Å². The Hall–Kier alpha value is -1.35. The van der Waals surface area contributed by atoms with Crippen molar-refractivity contribution in [1.82, 2.24) is 4.90 Å². The summed E-state index contributed by atoms with van der Waals surface area (Å²) in [5.74, 6) is 5.44. The first-order valence-corrected chi connectivity index (χ1v) is 7.21. The van der Waals surface area contributed by atoms with Gasteiger partial charge in [-0.05, 0) is 12.5 Å². The topological polar surface area (TPSA) is 49.8 Å². The van der Waals surface area contributed by atoms with Gasteiger partial charge < -0.3 is 14.7 Å². The standard InChI is InChI=1S/C14H17NO3S/c1-2-12-9-15(5-7-18-12)14(17)11-8-13(19-10-11)4-3-6-16/h8,10,12,16H,2,5-7,9H2,1H3. The summed E-state index contributed by atoms with van der Waals surface area (Å²) in [6.45, 7) is 3.80. The average Bonchev–Trinajstić information content (AvgIpc) is 2.93. The Morgan fingerprint density at radius 1 is 1.68 bits per heavy atom. The second kappa shape index (κ2) is 6.71. The van der Waals surface area contributed by atoms with Crippen molar-refractivity contribution in [3.63, 3.8) is 0 Å². The Kier molecular flexibility index (Phi) is 4.97. The molecule has 102 valence electrons. The Morgan fingerprint density at radius 3 is 3.26 bits per heavy atom. The number of hydrogen-bond acceptors (Lipinski definition) is 4. The zero-order valence-corrected chi connectivity index (χ0v) is 11.7. The molecule has 0 radical (unpaired) electrons. The van der Waals surface area contributed by atoms with Crippen LogP contribution in [-0.4, -0.2) is 48.3 Å². The molecular formula is C14H17NO3S. The Bertz CT molecular complexity index is 500. The Morgan fingerprint density at radius 2 is 2.53 bits per heavy atom. The van der Waals surface area contributed by atoms with Crippen molar-refractivity contribution in [1.29, 1.82) is 0 Å². The van der Waals surface area contributed by atoms with Crippen molar-refractivity contribution in [3.05, 3.63) is 21.9 Å². The molecule has 0 saturated carbocycles. The van der Waals surface area contributed by atoms with Gasteiger partial charge in [-0.25, -0.2) is 0 Å². The van der Waals surface area contributed by atoms with Crippen molar-refractivity contribution >= 4 is 17.2 Å². The number of aliphatic hydroxyl groups excluding tert-OH is 1. The van der Waals surface area contributed by atoms with Gasteiger partial charge in [0.25, 0.3) is 5.91 Å². The quantitative estimate of drug-likeness (QED) is 0.831. The lowest BCUT2D eigenvalue weighted by atomic mass is 10.2. The predicted octanol–water partition coefficient (Wildman–Crippen LogP) is 1.34. The van der Waals surface area contributed by atoms with Crippen molar-refractivity contribution in [2.75, 3.05) is 26.3 Å². The molecule has 5 heteroatoms. The highest BCUT2D eigenvalue weighted by Crippen LogP contribution is 2.17. The van der Waals surface area contributed by atoms with Crippen LogP contribution in [0.2, 0.25) is 0 Å². The summed E-state index contributed by atoms with van der Waals surface area (Å²) < 4.78 is 5.56. The second-order valence-electron chi connectivity index (χ2n) is 4.31. The maximum Gasteiger partial charge on any atom is 0.254 e. The molecule has 4 nitrogen and oxygen atoms in total. The number of carbonyl (C=O) groups is 1. The molecular weight excluding hydrogens is 262 g/mol. The van der Waals surface area contributed by atoms with Crippen molar-refractivity contribution < 1.29 is 14.6 Å². The summed E-state index contributed by atoms with van der Waals surface area (Å²) in [6.07, 6.45) is 1.06. The van der Waals surface area contributed by atoms with Gasteiger partial charge in [0.15, 0.2) is 0 Å². The van der Waals surface area contributed by atoms with Crippen LogP contribution in [0.3, 0.4) is 0 Å². The molecule has 1 amide bonds. The molecule has 1 saturated heterocycles. The molecule has 2 rings (SSSR count). The second-order valence-corrected chi connectivity index (χ2v) is 5.22.